The molecule has 1 aliphatic carbocycles. The third-order valence-corrected chi connectivity index (χ3v) is 4.76. The summed E-state index contributed by atoms with van der Waals surface area (Å²) in [5.41, 5.74) is 1.60. The molecule has 3 N–H and O–H groups in total. The molecule has 1 aromatic carbocycles. The minimum atomic E-state index is -0.345. The molecule has 1 atom stereocenters. The number of hydrogen-bond acceptors (Lipinski definition) is 3. The molecule has 0 aliphatic heterocycles. The lowest BCUT2D eigenvalue weighted by Gasteiger charge is -2.37. The third kappa shape index (κ3) is 3.01. The minimum Gasteiger partial charge on any atom is -0.393 e. The van der Waals surface area contributed by atoms with Crippen molar-refractivity contribution in [2.45, 2.75) is 45.3 Å². The molecule has 1 aromatic heterocycles. The Kier molecular flexibility index (Phi) is 4.22. The van der Waals surface area contributed by atoms with Crippen LogP contribution in [0.4, 0.5) is 0 Å². The zero-order valence-electron chi connectivity index (χ0n) is 13.4. The second-order valence-corrected chi connectivity index (χ2v) is 6.45. The van der Waals surface area contributed by atoms with Gasteiger partial charge in [0.25, 0.3) is 5.91 Å². The third-order valence-electron chi connectivity index (χ3n) is 4.76. The maximum absolute atomic E-state index is 12.6. The second kappa shape index (κ2) is 6.16. The highest BCUT2D eigenvalue weighted by Crippen LogP contribution is 2.31. The first-order chi connectivity index (χ1) is 11.0. The van der Waals surface area contributed by atoms with Gasteiger partial charge >= 0.3 is 0 Å². The Hall–Kier alpha value is -2.14. The van der Waals surface area contributed by atoms with Gasteiger partial charge in [0.05, 0.1) is 6.10 Å². The number of aromatic nitrogens is 1. The molecule has 0 spiro atoms. The lowest BCUT2D eigenvalue weighted by molar-refractivity contribution is 0.0232. The van der Waals surface area contributed by atoms with E-state index in [1.54, 1.807) is 6.07 Å². The number of aliphatic hydroxyl groups is 1. The Balaban J connectivity index is 1.86. The molecule has 5 nitrogen and oxygen atoms in total. The normalized spacial score (nSPS) is 21.7. The van der Waals surface area contributed by atoms with E-state index >= 15 is 0 Å². The van der Waals surface area contributed by atoms with Crippen molar-refractivity contribution >= 4 is 16.8 Å². The van der Waals surface area contributed by atoms with Gasteiger partial charge < -0.3 is 15.4 Å². The largest absolute Gasteiger partial charge is 0.393 e. The predicted octanol–water partition coefficient (Wildman–Crippen LogP) is 2.12. The molecule has 0 bridgehead atoms. The molecule has 122 valence electrons. The average molecular weight is 314 g/mol. The van der Waals surface area contributed by atoms with Crippen molar-refractivity contribution in [2.24, 2.45) is 5.92 Å². The molecule has 3 rings (SSSR count). The summed E-state index contributed by atoms with van der Waals surface area (Å²) in [6, 6.07) is 5.56. The number of fused-ring (bicyclic) bond motifs is 1. The van der Waals surface area contributed by atoms with Crippen LogP contribution < -0.4 is 10.7 Å². The quantitative estimate of drug-likeness (QED) is 0.808. The summed E-state index contributed by atoms with van der Waals surface area (Å²) in [5.74, 6) is -0.0522. The van der Waals surface area contributed by atoms with Crippen LogP contribution in [0, 0.1) is 12.8 Å². The monoisotopic (exact) mass is 314 g/mol. The molecular formula is C18H22N2O3. The zero-order valence-corrected chi connectivity index (χ0v) is 13.4. The molecule has 1 fully saturated rings. The topological polar surface area (TPSA) is 82.2 Å². The van der Waals surface area contributed by atoms with Gasteiger partial charge in [-0.25, -0.2) is 0 Å². The second-order valence-electron chi connectivity index (χ2n) is 6.45. The fraction of sp³-hybridized carbons (Fsp3) is 0.444. The average Bonchev–Trinajstić information content (AvgIpc) is 2.50. The van der Waals surface area contributed by atoms with E-state index in [1.165, 1.54) is 6.20 Å². The highest BCUT2D eigenvalue weighted by atomic mass is 16.3. The molecular weight excluding hydrogens is 292 g/mol. The van der Waals surface area contributed by atoms with Gasteiger partial charge in [-0.1, -0.05) is 18.6 Å². The van der Waals surface area contributed by atoms with Crippen molar-refractivity contribution in [3.05, 3.63) is 45.7 Å². The summed E-state index contributed by atoms with van der Waals surface area (Å²) in [7, 11) is 0. The molecule has 0 radical (unpaired) electrons. The van der Waals surface area contributed by atoms with Crippen LogP contribution in [-0.4, -0.2) is 28.1 Å². The number of aryl methyl sites for hydroxylation is 1. The summed E-state index contributed by atoms with van der Waals surface area (Å²) in [6.07, 6.45) is 3.45. The van der Waals surface area contributed by atoms with Crippen LogP contribution in [0.3, 0.4) is 0 Å². The highest BCUT2D eigenvalue weighted by Gasteiger charge is 2.34. The van der Waals surface area contributed by atoms with Crippen molar-refractivity contribution in [3.8, 4) is 0 Å². The SMILES string of the molecule is CC[C@@H](NC(=O)c1c[nH]c2ccc(C)cc2c1=O)C1CC(O)C1. The van der Waals surface area contributed by atoms with E-state index in [1.807, 2.05) is 26.0 Å². The Morgan fingerprint density at radius 2 is 2.17 bits per heavy atom. The molecule has 1 heterocycles. The van der Waals surface area contributed by atoms with Crippen LogP contribution >= 0.6 is 0 Å². The van der Waals surface area contributed by atoms with Crippen molar-refractivity contribution in [3.63, 3.8) is 0 Å². The molecule has 1 aliphatic rings. The summed E-state index contributed by atoms with van der Waals surface area (Å²) >= 11 is 0. The van der Waals surface area contributed by atoms with Crippen molar-refractivity contribution < 1.29 is 9.90 Å². The van der Waals surface area contributed by atoms with Gasteiger partial charge in [-0.15, -0.1) is 0 Å². The summed E-state index contributed by atoms with van der Waals surface area (Å²) < 4.78 is 0. The molecule has 0 unspecified atom stereocenters. The van der Waals surface area contributed by atoms with Crippen molar-refractivity contribution in [2.75, 3.05) is 0 Å². The fourth-order valence-electron chi connectivity index (χ4n) is 3.26. The van der Waals surface area contributed by atoms with Crippen molar-refractivity contribution in [1.29, 1.82) is 0 Å². The van der Waals surface area contributed by atoms with Crippen LogP contribution in [0.2, 0.25) is 0 Å². The number of hydrogen-bond donors (Lipinski definition) is 3. The van der Waals surface area contributed by atoms with Gasteiger partial charge in [-0.05, 0) is 44.2 Å². The number of amides is 1. The molecule has 23 heavy (non-hydrogen) atoms. The molecule has 1 saturated carbocycles. The first kappa shape index (κ1) is 15.7. The van der Waals surface area contributed by atoms with E-state index < -0.39 is 0 Å². The number of benzene rings is 1. The lowest BCUT2D eigenvalue weighted by atomic mass is 9.76. The van der Waals surface area contributed by atoms with E-state index in [2.05, 4.69) is 10.3 Å². The summed E-state index contributed by atoms with van der Waals surface area (Å²) in [4.78, 5) is 28.1. The number of pyridine rings is 1. The summed E-state index contributed by atoms with van der Waals surface area (Å²) in [5, 5.41) is 12.9. The maximum atomic E-state index is 12.6. The Morgan fingerprint density at radius 3 is 2.83 bits per heavy atom. The Labute approximate surface area is 134 Å². The number of carbonyl (C=O) groups excluding carboxylic acids is 1. The van der Waals surface area contributed by atoms with Crippen LogP contribution in [0.1, 0.15) is 42.1 Å². The van der Waals surface area contributed by atoms with Gasteiger partial charge in [-0.2, -0.15) is 0 Å². The molecule has 1 amide bonds. The first-order valence-corrected chi connectivity index (χ1v) is 8.10. The maximum Gasteiger partial charge on any atom is 0.256 e. The smallest absolute Gasteiger partial charge is 0.256 e. The van der Waals surface area contributed by atoms with E-state index in [0.29, 0.717) is 24.1 Å². The molecule has 5 heteroatoms. The molecule has 0 saturated heterocycles. The van der Waals surface area contributed by atoms with Gasteiger partial charge in [0.2, 0.25) is 5.43 Å². The highest BCUT2D eigenvalue weighted by molar-refractivity contribution is 5.97. The minimum absolute atomic E-state index is 0.00138. The van der Waals surface area contributed by atoms with E-state index in [0.717, 1.165) is 17.5 Å². The van der Waals surface area contributed by atoms with Crippen LogP contribution in [0.15, 0.2) is 29.2 Å². The lowest BCUT2D eigenvalue weighted by Crippen LogP contribution is -2.47. The van der Waals surface area contributed by atoms with Crippen LogP contribution in [-0.2, 0) is 0 Å². The van der Waals surface area contributed by atoms with Gasteiger partial charge in [0.1, 0.15) is 5.56 Å². The van der Waals surface area contributed by atoms with E-state index in [9.17, 15) is 14.7 Å². The predicted molar refractivity (Wildman–Crippen MR) is 89.6 cm³/mol. The number of aromatic amines is 1. The summed E-state index contributed by atoms with van der Waals surface area (Å²) in [6.45, 7) is 3.92. The van der Waals surface area contributed by atoms with Crippen LogP contribution in [0.5, 0.6) is 0 Å². The standard InChI is InChI=1S/C18H22N2O3/c1-3-15(11-7-12(21)8-11)20-18(23)14-9-19-16-5-4-10(2)6-13(16)17(14)22/h4-6,9,11-12,15,21H,3,7-8H2,1-2H3,(H,19,22)(H,20,23)/t11?,12?,15-/m1/s1. The van der Waals surface area contributed by atoms with Gasteiger partial charge in [0.15, 0.2) is 0 Å². The van der Waals surface area contributed by atoms with Crippen LogP contribution in [0.25, 0.3) is 10.9 Å². The first-order valence-electron chi connectivity index (χ1n) is 8.10. The number of aliphatic hydroxyl groups excluding tert-OH is 1. The number of carbonyl (C=O) groups is 1. The number of H-pyrrole nitrogens is 1. The van der Waals surface area contributed by atoms with Crippen molar-refractivity contribution in [1.82, 2.24) is 10.3 Å². The fourth-order valence-corrected chi connectivity index (χ4v) is 3.26. The van der Waals surface area contributed by atoms with Gasteiger partial charge in [-0.3, -0.25) is 9.59 Å². The van der Waals surface area contributed by atoms with E-state index in [4.69, 9.17) is 0 Å². The Morgan fingerprint density at radius 1 is 1.43 bits per heavy atom. The zero-order chi connectivity index (χ0) is 16.6. The van der Waals surface area contributed by atoms with Gasteiger partial charge in [0, 0.05) is 23.1 Å². The molecule has 2 aromatic rings. The van der Waals surface area contributed by atoms with E-state index in [-0.39, 0.29) is 29.0 Å². The number of rotatable bonds is 4. The Bertz CT molecular complexity index is 790. The number of nitrogens with one attached hydrogen (secondary N) is 2.